The van der Waals surface area contributed by atoms with Gasteiger partial charge in [-0.25, -0.2) is 8.42 Å². The Balaban J connectivity index is 2.27. The number of carboxylic acids is 1. The monoisotopic (exact) mass is 347 g/mol. The van der Waals surface area contributed by atoms with E-state index in [1.165, 1.54) is 26.1 Å². The molecule has 6 nitrogen and oxygen atoms in total. The maximum Gasteiger partial charge on any atom is 0.318 e. The van der Waals surface area contributed by atoms with Crippen molar-refractivity contribution in [3.63, 3.8) is 0 Å². The van der Waals surface area contributed by atoms with Gasteiger partial charge in [0.1, 0.15) is 6.54 Å². The van der Waals surface area contributed by atoms with E-state index in [4.69, 9.17) is 5.11 Å². The number of likely N-dealkylation sites (N-methyl/N-ethyl adjacent to an activating group) is 1. The number of nitrogens with zero attached hydrogens (tertiary/aromatic N) is 1. The molecule has 126 valence electrons. The number of carbonyl (C=O) groups excluding carboxylic acids is 1. The Kier molecular flexibility index (Phi) is 5.16. The normalized spacial score (nSPS) is 11.5. The molecule has 2 rings (SSSR count). The number of ketones is 1. The Morgan fingerprint density at radius 1 is 0.958 bits per heavy atom. The van der Waals surface area contributed by atoms with Crippen molar-refractivity contribution in [3.8, 4) is 11.1 Å². The van der Waals surface area contributed by atoms with E-state index >= 15 is 0 Å². The van der Waals surface area contributed by atoms with Crippen molar-refractivity contribution in [2.75, 3.05) is 13.6 Å². The van der Waals surface area contributed by atoms with Crippen molar-refractivity contribution in [3.05, 3.63) is 54.1 Å². The van der Waals surface area contributed by atoms with Gasteiger partial charge in [-0.1, -0.05) is 36.4 Å². The van der Waals surface area contributed by atoms with Crippen LogP contribution in [0.15, 0.2) is 53.4 Å². The number of carbonyl (C=O) groups is 2. The minimum atomic E-state index is -3.84. The van der Waals surface area contributed by atoms with Crippen LogP contribution < -0.4 is 0 Å². The molecule has 0 aromatic heterocycles. The number of Topliss-reactive ketones (excluding diaryl/α,β-unsaturated/α-hetero) is 1. The fourth-order valence-electron chi connectivity index (χ4n) is 2.17. The Hall–Kier alpha value is -2.51. The number of hydrogen-bond donors (Lipinski definition) is 1. The maximum absolute atomic E-state index is 12.3. The molecule has 0 aliphatic carbocycles. The van der Waals surface area contributed by atoms with Gasteiger partial charge in [0, 0.05) is 12.6 Å². The van der Waals surface area contributed by atoms with E-state index in [9.17, 15) is 18.0 Å². The Morgan fingerprint density at radius 2 is 1.42 bits per heavy atom. The number of rotatable bonds is 6. The third-order valence-corrected chi connectivity index (χ3v) is 5.36. The molecule has 0 aliphatic rings. The highest BCUT2D eigenvalue weighted by Crippen LogP contribution is 2.23. The second-order valence-corrected chi connectivity index (χ2v) is 7.36. The van der Waals surface area contributed by atoms with Crippen LogP contribution in [-0.4, -0.2) is 43.2 Å². The smallest absolute Gasteiger partial charge is 0.318 e. The average Bonchev–Trinajstić information content (AvgIpc) is 2.54. The zero-order chi connectivity index (χ0) is 17.9. The van der Waals surface area contributed by atoms with Gasteiger partial charge in [0.2, 0.25) is 10.0 Å². The zero-order valence-electron chi connectivity index (χ0n) is 13.3. The molecule has 24 heavy (non-hydrogen) atoms. The molecule has 0 amide bonds. The molecule has 0 spiro atoms. The largest absolute Gasteiger partial charge is 0.480 e. The van der Waals surface area contributed by atoms with E-state index in [0.29, 0.717) is 5.56 Å². The second kappa shape index (κ2) is 6.94. The molecule has 0 bridgehead atoms. The highest BCUT2D eigenvalue weighted by atomic mass is 32.2. The first-order valence-electron chi connectivity index (χ1n) is 7.11. The van der Waals surface area contributed by atoms with E-state index in [-0.39, 0.29) is 10.7 Å². The van der Waals surface area contributed by atoms with Gasteiger partial charge >= 0.3 is 5.97 Å². The van der Waals surface area contributed by atoms with Crippen LogP contribution in [0, 0.1) is 0 Å². The van der Waals surface area contributed by atoms with Crippen LogP contribution in [0.1, 0.15) is 17.3 Å². The maximum atomic E-state index is 12.3. The molecule has 0 saturated heterocycles. The summed E-state index contributed by atoms with van der Waals surface area (Å²) >= 11 is 0. The summed E-state index contributed by atoms with van der Waals surface area (Å²) in [7, 11) is -2.62. The predicted octanol–water partition coefficient (Wildman–Crippen LogP) is 2.26. The van der Waals surface area contributed by atoms with E-state index in [0.717, 1.165) is 15.4 Å². The Bertz CT molecular complexity index is 855. The second-order valence-electron chi connectivity index (χ2n) is 5.31. The Morgan fingerprint density at radius 3 is 1.83 bits per heavy atom. The third-order valence-electron chi connectivity index (χ3n) is 3.55. The molecular formula is C17H17NO5S. The Labute approximate surface area is 140 Å². The van der Waals surface area contributed by atoms with Crippen molar-refractivity contribution >= 4 is 21.8 Å². The minimum absolute atomic E-state index is 0.0235. The zero-order valence-corrected chi connectivity index (χ0v) is 14.1. The van der Waals surface area contributed by atoms with Crippen LogP contribution in [0.4, 0.5) is 0 Å². The standard InChI is InChI=1S/C17H17NO5S/c1-12(19)13-3-5-14(6-4-13)15-7-9-16(10-8-15)24(22,23)18(2)11-17(20)21/h3-10H,11H2,1-2H3,(H,20,21). The molecule has 2 aromatic rings. The lowest BCUT2D eigenvalue weighted by atomic mass is 10.0. The third kappa shape index (κ3) is 3.87. The van der Waals surface area contributed by atoms with Crippen LogP contribution in [0.3, 0.4) is 0 Å². The number of sulfonamides is 1. The van der Waals surface area contributed by atoms with Crippen molar-refractivity contribution in [1.82, 2.24) is 4.31 Å². The van der Waals surface area contributed by atoms with E-state index in [1.807, 2.05) is 0 Å². The van der Waals surface area contributed by atoms with Crippen LogP contribution in [-0.2, 0) is 14.8 Å². The lowest BCUT2D eigenvalue weighted by Gasteiger charge is -2.15. The number of aliphatic carboxylic acids is 1. The fraction of sp³-hybridized carbons (Fsp3) is 0.176. The molecule has 0 fully saturated rings. The highest BCUT2D eigenvalue weighted by molar-refractivity contribution is 7.89. The van der Waals surface area contributed by atoms with E-state index in [1.54, 1.807) is 36.4 Å². The van der Waals surface area contributed by atoms with Crippen molar-refractivity contribution < 1.29 is 23.1 Å². The highest BCUT2D eigenvalue weighted by Gasteiger charge is 2.22. The van der Waals surface area contributed by atoms with Crippen LogP contribution in [0.25, 0.3) is 11.1 Å². The van der Waals surface area contributed by atoms with Gasteiger partial charge in [-0.3, -0.25) is 9.59 Å². The summed E-state index contributed by atoms with van der Waals surface area (Å²) in [5, 5.41) is 8.72. The predicted molar refractivity (Wildman–Crippen MR) is 89.3 cm³/mol. The lowest BCUT2D eigenvalue weighted by Crippen LogP contribution is -2.31. The molecular weight excluding hydrogens is 330 g/mol. The van der Waals surface area contributed by atoms with Gasteiger partial charge in [-0.15, -0.1) is 0 Å². The first kappa shape index (κ1) is 17.8. The molecule has 7 heteroatoms. The summed E-state index contributed by atoms with van der Waals surface area (Å²) in [5.41, 5.74) is 2.25. The molecule has 2 aromatic carbocycles. The van der Waals surface area contributed by atoms with E-state index < -0.39 is 22.5 Å². The van der Waals surface area contributed by atoms with Gasteiger partial charge in [-0.2, -0.15) is 4.31 Å². The molecule has 1 N–H and O–H groups in total. The van der Waals surface area contributed by atoms with Gasteiger partial charge < -0.3 is 5.11 Å². The summed E-state index contributed by atoms with van der Waals surface area (Å²) in [5.74, 6) is -1.24. The summed E-state index contributed by atoms with van der Waals surface area (Å²) in [6.07, 6.45) is 0. The molecule has 0 heterocycles. The summed E-state index contributed by atoms with van der Waals surface area (Å²) in [4.78, 5) is 22.0. The van der Waals surface area contributed by atoms with Crippen molar-refractivity contribution in [2.45, 2.75) is 11.8 Å². The number of benzene rings is 2. The van der Waals surface area contributed by atoms with Crippen molar-refractivity contribution in [2.24, 2.45) is 0 Å². The van der Waals surface area contributed by atoms with Gasteiger partial charge in [0.05, 0.1) is 4.90 Å². The first-order chi connectivity index (χ1) is 11.2. The topological polar surface area (TPSA) is 91.8 Å². The quantitative estimate of drug-likeness (QED) is 0.809. The average molecular weight is 347 g/mol. The molecule has 0 saturated carbocycles. The molecule has 0 aliphatic heterocycles. The molecule has 0 atom stereocenters. The SMILES string of the molecule is CC(=O)c1ccc(-c2ccc(S(=O)(=O)N(C)CC(=O)O)cc2)cc1. The van der Waals surface area contributed by atoms with Crippen LogP contribution >= 0.6 is 0 Å². The van der Waals surface area contributed by atoms with E-state index in [2.05, 4.69) is 0 Å². The summed E-state index contributed by atoms with van der Waals surface area (Å²) in [6, 6.07) is 13.2. The first-order valence-corrected chi connectivity index (χ1v) is 8.55. The number of hydrogen-bond acceptors (Lipinski definition) is 4. The minimum Gasteiger partial charge on any atom is -0.480 e. The molecule has 0 radical (unpaired) electrons. The lowest BCUT2D eigenvalue weighted by molar-refractivity contribution is -0.137. The summed E-state index contributed by atoms with van der Waals surface area (Å²) in [6.45, 7) is 0.888. The number of carboxylic acid groups (broad SMARTS) is 1. The van der Waals surface area contributed by atoms with Gasteiger partial charge in [0.25, 0.3) is 0 Å². The molecule has 0 unspecified atom stereocenters. The van der Waals surface area contributed by atoms with Crippen LogP contribution in [0.2, 0.25) is 0 Å². The summed E-state index contributed by atoms with van der Waals surface area (Å²) < 4.78 is 25.3. The van der Waals surface area contributed by atoms with Gasteiger partial charge in [-0.05, 0) is 30.2 Å². The van der Waals surface area contributed by atoms with Crippen molar-refractivity contribution in [1.29, 1.82) is 0 Å². The van der Waals surface area contributed by atoms with Gasteiger partial charge in [0.15, 0.2) is 5.78 Å². The van der Waals surface area contributed by atoms with Crippen LogP contribution in [0.5, 0.6) is 0 Å². The fourth-order valence-corrected chi connectivity index (χ4v) is 3.29.